The van der Waals surface area contributed by atoms with Crippen LogP contribution in [0.15, 0.2) is 34.9 Å². The minimum Gasteiger partial charge on any atom is -0.497 e. The fraction of sp³-hybridized carbons (Fsp3) is 0.278. The Bertz CT molecular complexity index is 927. The summed E-state index contributed by atoms with van der Waals surface area (Å²) in [6.07, 6.45) is 2.24. The molecule has 0 radical (unpaired) electrons. The molecule has 1 amide bonds. The molecule has 2 aromatic heterocycles. The molecule has 25 heavy (non-hydrogen) atoms. The molecular formula is C18H17N3O3S. The summed E-state index contributed by atoms with van der Waals surface area (Å²) in [5, 5.41) is 7.00. The third-order valence-corrected chi connectivity index (χ3v) is 5.13. The molecule has 0 atom stereocenters. The third kappa shape index (κ3) is 3.28. The number of thiophene rings is 1. The molecule has 128 valence electrons. The van der Waals surface area contributed by atoms with E-state index >= 15 is 0 Å². The molecule has 1 aromatic carbocycles. The normalized spacial score (nSPS) is 13.7. The predicted octanol–water partition coefficient (Wildman–Crippen LogP) is 4.24. The first-order valence-corrected chi connectivity index (χ1v) is 8.85. The predicted molar refractivity (Wildman–Crippen MR) is 95.3 cm³/mol. The molecule has 1 saturated carbocycles. The second-order valence-corrected chi connectivity index (χ2v) is 7.25. The highest BCUT2D eigenvalue weighted by atomic mass is 32.1. The molecule has 7 heteroatoms. The van der Waals surface area contributed by atoms with Crippen LogP contribution < -0.4 is 10.1 Å². The topological polar surface area (TPSA) is 77.2 Å². The van der Waals surface area contributed by atoms with E-state index in [2.05, 4.69) is 15.5 Å². The van der Waals surface area contributed by atoms with Gasteiger partial charge in [-0.1, -0.05) is 11.2 Å². The summed E-state index contributed by atoms with van der Waals surface area (Å²) in [6.45, 7) is 1.96. The number of ether oxygens (including phenoxy) is 1. The van der Waals surface area contributed by atoms with Crippen LogP contribution in [0.3, 0.4) is 0 Å². The second kappa shape index (κ2) is 6.33. The summed E-state index contributed by atoms with van der Waals surface area (Å²) < 4.78 is 10.5. The van der Waals surface area contributed by atoms with Crippen molar-refractivity contribution in [3.63, 3.8) is 0 Å². The molecule has 6 nitrogen and oxygen atoms in total. The van der Waals surface area contributed by atoms with Crippen LogP contribution in [0, 0.1) is 6.92 Å². The largest absolute Gasteiger partial charge is 0.497 e. The van der Waals surface area contributed by atoms with Crippen LogP contribution in [0.1, 0.15) is 39.9 Å². The molecule has 0 aliphatic heterocycles. The van der Waals surface area contributed by atoms with Crippen molar-refractivity contribution >= 4 is 22.9 Å². The molecule has 0 bridgehead atoms. The molecular weight excluding hydrogens is 338 g/mol. The average Bonchev–Trinajstić information content (AvgIpc) is 3.25. The molecule has 1 N–H and O–H groups in total. The Morgan fingerprint density at radius 2 is 2.20 bits per heavy atom. The van der Waals surface area contributed by atoms with Crippen molar-refractivity contribution in [2.75, 3.05) is 12.4 Å². The lowest BCUT2D eigenvalue weighted by atomic mass is 10.2. The fourth-order valence-corrected chi connectivity index (χ4v) is 3.41. The van der Waals surface area contributed by atoms with E-state index in [4.69, 9.17) is 9.26 Å². The van der Waals surface area contributed by atoms with Crippen LogP contribution in [0.2, 0.25) is 0 Å². The van der Waals surface area contributed by atoms with Gasteiger partial charge in [-0.25, -0.2) is 0 Å². The Morgan fingerprint density at radius 3 is 2.96 bits per heavy atom. The van der Waals surface area contributed by atoms with Crippen molar-refractivity contribution in [1.82, 2.24) is 10.1 Å². The number of carbonyl (C=O) groups is 1. The first kappa shape index (κ1) is 15.8. The van der Waals surface area contributed by atoms with Crippen molar-refractivity contribution in [2.24, 2.45) is 0 Å². The molecule has 3 aromatic rings. The van der Waals surface area contributed by atoms with Gasteiger partial charge >= 0.3 is 0 Å². The Labute approximate surface area is 148 Å². The van der Waals surface area contributed by atoms with Crippen molar-refractivity contribution in [3.05, 3.63) is 46.7 Å². The zero-order chi connectivity index (χ0) is 17.4. The summed E-state index contributed by atoms with van der Waals surface area (Å²) in [7, 11) is 1.58. The number of aromatic nitrogens is 2. The molecule has 1 aliphatic carbocycles. The molecule has 1 aliphatic rings. The Hall–Kier alpha value is -2.67. The number of methoxy groups -OCH3 is 1. The first-order valence-electron chi connectivity index (χ1n) is 8.04. The standard InChI is InChI=1S/C18H17N3O3S/c1-10-14(19-17(22)12-4-3-5-13(8-12)23-2)9-15(25-10)16-20-18(24-21-16)11-6-7-11/h3-5,8-9,11H,6-7H2,1-2H3,(H,19,22). The number of nitrogens with one attached hydrogen (secondary N) is 1. The van der Waals surface area contributed by atoms with E-state index < -0.39 is 0 Å². The number of benzene rings is 1. The lowest BCUT2D eigenvalue weighted by Crippen LogP contribution is -2.11. The number of carbonyl (C=O) groups excluding carboxylic acids is 1. The van der Waals surface area contributed by atoms with Gasteiger partial charge in [-0.3, -0.25) is 4.79 Å². The van der Waals surface area contributed by atoms with Gasteiger partial charge < -0.3 is 14.6 Å². The SMILES string of the molecule is COc1cccc(C(=O)Nc2cc(-c3noc(C4CC4)n3)sc2C)c1. The van der Waals surface area contributed by atoms with Crippen molar-refractivity contribution in [2.45, 2.75) is 25.7 Å². The minimum absolute atomic E-state index is 0.182. The van der Waals surface area contributed by atoms with Crippen molar-refractivity contribution in [1.29, 1.82) is 0 Å². The van der Waals surface area contributed by atoms with E-state index in [1.165, 1.54) is 11.3 Å². The molecule has 2 heterocycles. The maximum Gasteiger partial charge on any atom is 0.255 e. The van der Waals surface area contributed by atoms with E-state index in [1.807, 2.05) is 13.0 Å². The highest BCUT2D eigenvalue weighted by Crippen LogP contribution is 2.40. The molecule has 1 fully saturated rings. The van der Waals surface area contributed by atoms with Crippen molar-refractivity contribution < 1.29 is 14.1 Å². The lowest BCUT2D eigenvalue weighted by molar-refractivity contribution is 0.102. The maximum atomic E-state index is 12.5. The second-order valence-electron chi connectivity index (χ2n) is 6.00. The van der Waals surface area contributed by atoms with Crippen LogP contribution in [-0.2, 0) is 0 Å². The number of hydrogen-bond acceptors (Lipinski definition) is 6. The summed E-state index contributed by atoms with van der Waals surface area (Å²) >= 11 is 1.53. The van der Waals surface area contributed by atoms with E-state index in [0.717, 1.165) is 28.3 Å². The molecule has 0 saturated heterocycles. The number of hydrogen-bond donors (Lipinski definition) is 1. The van der Waals surface area contributed by atoms with Gasteiger partial charge in [0.2, 0.25) is 11.7 Å². The summed E-state index contributed by atoms with van der Waals surface area (Å²) in [4.78, 5) is 18.8. The van der Waals surface area contributed by atoms with E-state index in [0.29, 0.717) is 28.9 Å². The van der Waals surface area contributed by atoms with Gasteiger partial charge in [-0.15, -0.1) is 11.3 Å². The van der Waals surface area contributed by atoms with Crippen LogP contribution in [0.25, 0.3) is 10.7 Å². The van der Waals surface area contributed by atoms with Gasteiger partial charge in [0.15, 0.2) is 0 Å². The average molecular weight is 355 g/mol. The van der Waals surface area contributed by atoms with Gasteiger partial charge in [0.1, 0.15) is 5.75 Å². The van der Waals surface area contributed by atoms with Gasteiger partial charge in [-0.2, -0.15) is 4.98 Å². The van der Waals surface area contributed by atoms with Gasteiger partial charge in [0, 0.05) is 16.4 Å². The number of rotatable bonds is 5. The Morgan fingerprint density at radius 1 is 1.36 bits per heavy atom. The van der Waals surface area contributed by atoms with Crippen LogP contribution >= 0.6 is 11.3 Å². The first-order chi connectivity index (χ1) is 12.1. The quantitative estimate of drug-likeness (QED) is 0.740. The maximum absolute atomic E-state index is 12.5. The third-order valence-electron chi connectivity index (χ3n) is 4.09. The highest BCUT2D eigenvalue weighted by Gasteiger charge is 2.30. The number of nitrogens with zero attached hydrogens (tertiary/aromatic N) is 2. The van der Waals surface area contributed by atoms with Crippen LogP contribution in [-0.4, -0.2) is 23.2 Å². The van der Waals surface area contributed by atoms with Gasteiger partial charge in [0.25, 0.3) is 5.91 Å². The summed E-state index contributed by atoms with van der Waals surface area (Å²) in [6, 6.07) is 8.94. The zero-order valence-corrected chi connectivity index (χ0v) is 14.7. The smallest absolute Gasteiger partial charge is 0.255 e. The summed E-state index contributed by atoms with van der Waals surface area (Å²) in [5.74, 6) is 2.18. The Kier molecular flexibility index (Phi) is 4.01. The zero-order valence-electron chi connectivity index (χ0n) is 13.9. The number of aryl methyl sites for hydroxylation is 1. The highest BCUT2D eigenvalue weighted by molar-refractivity contribution is 7.16. The Balaban J connectivity index is 1.54. The number of amides is 1. The lowest BCUT2D eigenvalue weighted by Gasteiger charge is -2.06. The monoisotopic (exact) mass is 355 g/mol. The van der Waals surface area contributed by atoms with Gasteiger partial charge in [0.05, 0.1) is 17.7 Å². The van der Waals surface area contributed by atoms with Crippen LogP contribution in [0.5, 0.6) is 5.75 Å². The van der Waals surface area contributed by atoms with Crippen molar-refractivity contribution in [3.8, 4) is 16.5 Å². The number of anilines is 1. The minimum atomic E-state index is -0.182. The summed E-state index contributed by atoms with van der Waals surface area (Å²) in [5.41, 5.74) is 1.30. The molecule has 4 rings (SSSR count). The van der Waals surface area contributed by atoms with E-state index in [9.17, 15) is 4.79 Å². The fourth-order valence-electron chi connectivity index (χ4n) is 2.51. The van der Waals surface area contributed by atoms with Gasteiger partial charge in [-0.05, 0) is 44.0 Å². The molecule has 0 unspecified atom stereocenters. The molecule has 0 spiro atoms. The van der Waals surface area contributed by atoms with Crippen LogP contribution in [0.4, 0.5) is 5.69 Å². The van der Waals surface area contributed by atoms with E-state index in [-0.39, 0.29) is 5.91 Å². The van der Waals surface area contributed by atoms with E-state index in [1.54, 1.807) is 31.4 Å².